The predicted molar refractivity (Wildman–Crippen MR) is 73.5 cm³/mol. The van der Waals surface area contributed by atoms with Crippen molar-refractivity contribution in [1.29, 1.82) is 0 Å². The topological polar surface area (TPSA) is 70.3 Å². The molecule has 2 aromatic rings. The highest BCUT2D eigenvalue weighted by Crippen LogP contribution is 2.28. The van der Waals surface area contributed by atoms with Crippen LogP contribution in [0.15, 0.2) is 24.3 Å². The largest absolute Gasteiger partial charge is 0.493 e. The Labute approximate surface area is 112 Å². The van der Waals surface area contributed by atoms with E-state index in [1.807, 2.05) is 25.1 Å². The summed E-state index contributed by atoms with van der Waals surface area (Å²) in [6.45, 7) is 1.90. The van der Waals surface area contributed by atoms with Gasteiger partial charge in [0.25, 0.3) is 0 Å². The Morgan fingerprint density at radius 2 is 1.79 bits per heavy atom. The molecule has 0 aliphatic rings. The third kappa shape index (κ3) is 3.13. The number of ether oxygens (including phenoxy) is 2. The van der Waals surface area contributed by atoms with Gasteiger partial charge in [0.1, 0.15) is 11.6 Å². The third-order valence-corrected chi connectivity index (χ3v) is 2.73. The van der Waals surface area contributed by atoms with Crippen molar-refractivity contribution in [3.63, 3.8) is 0 Å². The quantitative estimate of drug-likeness (QED) is 0.909. The molecule has 100 valence electrons. The number of hydrogen-bond acceptors (Lipinski definition) is 5. The smallest absolute Gasteiger partial charge is 0.161 e. The van der Waals surface area contributed by atoms with Gasteiger partial charge in [0.15, 0.2) is 11.5 Å². The van der Waals surface area contributed by atoms with E-state index < -0.39 is 0 Å². The summed E-state index contributed by atoms with van der Waals surface area (Å²) < 4.78 is 10.5. The molecule has 0 fully saturated rings. The summed E-state index contributed by atoms with van der Waals surface area (Å²) >= 11 is 0. The van der Waals surface area contributed by atoms with Crippen LogP contribution in [0.3, 0.4) is 0 Å². The van der Waals surface area contributed by atoms with Gasteiger partial charge in [-0.2, -0.15) is 0 Å². The van der Waals surface area contributed by atoms with Crippen LogP contribution in [0.5, 0.6) is 11.5 Å². The summed E-state index contributed by atoms with van der Waals surface area (Å²) in [5.41, 5.74) is 7.63. The lowest BCUT2D eigenvalue weighted by Crippen LogP contribution is -2.02. The van der Waals surface area contributed by atoms with Crippen molar-refractivity contribution in [3.05, 3.63) is 41.3 Å². The molecule has 0 amide bonds. The summed E-state index contributed by atoms with van der Waals surface area (Å²) in [6, 6.07) is 7.50. The van der Waals surface area contributed by atoms with Crippen molar-refractivity contribution >= 4 is 5.82 Å². The average molecular weight is 259 g/mol. The maximum absolute atomic E-state index is 5.72. The number of benzene rings is 1. The summed E-state index contributed by atoms with van der Waals surface area (Å²) in [7, 11) is 3.23. The monoisotopic (exact) mass is 259 g/mol. The van der Waals surface area contributed by atoms with Crippen molar-refractivity contribution in [2.24, 2.45) is 0 Å². The molecule has 19 heavy (non-hydrogen) atoms. The zero-order valence-electron chi connectivity index (χ0n) is 11.3. The Bertz CT molecular complexity index is 565. The molecule has 0 aliphatic heterocycles. The van der Waals surface area contributed by atoms with Crippen LogP contribution in [-0.2, 0) is 6.42 Å². The number of rotatable bonds is 4. The molecule has 1 aromatic carbocycles. The summed E-state index contributed by atoms with van der Waals surface area (Å²) in [6.07, 6.45) is 0.603. The molecule has 2 rings (SSSR count). The molecule has 2 N–H and O–H groups in total. The van der Waals surface area contributed by atoms with Crippen LogP contribution in [-0.4, -0.2) is 24.2 Å². The molecule has 0 saturated carbocycles. The van der Waals surface area contributed by atoms with E-state index in [4.69, 9.17) is 15.2 Å². The van der Waals surface area contributed by atoms with Gasteiger partial charge in [0, 0.05) is 18.2 Å². The van der Waals surface area contributed by atoms with Crippen LogP contribution < -0.4 is 15.2 Å². The molecule has 0 spiro atoms. The number of nitrogens with two attached hydrogens (primary N) is 1. The van der Waals surface area contributed by atoms with E-state index in [-0.39, 0.29) is 0 Å². The van der Waals surface area contributed by atoms with E-state index in [0.717, 1.165) is 11.3 Å². The number of hydrogen-bond donors (Lipinski definition) is 1. The fraction of sp³-hybridized carbons (Fsp3) is 0.286. The molecule has 0 aliphatic carbocycles. The second-order valence-corrected chi connectivity index (χ2v) is 4.22. The summed E-state index contributed by atoms with van der Waals surface area (Å²) in [4.78, 5) is 8.59. The lowest BCUT2D eigenvalue weighted by molar-refractivity contribution is 0.354. The Kier molecular flexibility index (Phi) is 3.85. The zero-order valence-corrected chi connectivity index (χ0v) is 11.3. The van der Waals surface area contributed by atoms with Gasteiger partial charge in [-0.15, -0.1) is 0 Å². The highest BCUT2D eigenvalue weighted by molar-refractivity contribution is 5.43. The number of nitrogens with zero attached hydrogens (tertiary/aromatic N) is 2. The van der Waals surface area contributed by atoms with Gasteiger partial charge in [-0.05, 0) is 24.6 Å². The predicted octanol–water partition coefficient (Wildman–Crippen LogP) is 1.98. The van der Waals surface area contributed by atoms with Crippen molar-refractivity contribution in [1.82, 2.24) is 9.97 Å². The zero-order chi connectivity index (χ0) is 13.8. The highest BCUT2D eigenvalue weighted by atomic mass is 16.5. The standard InChI is InChI=1S/C14H17N3O2/c1-9-6-13(15)17-14(16-9)8-10-4-5-11(18-2)12(7-10)19-3/h4-7H,8H2,1-3H3,(H2,15,16,17). The first-order valence-electron chi connectivity index (χ1n) is 5.93. The van der Waals surface area contributed by atoms with E-state index in [2.05, 4.69) is 9.97 Å². The number of anilines is 1. The lowest BCUT2D eigenvalue weighted by atomic mass is 10.1. The van der Waals surface area contributed by atoms with Crippen LogP contribution >= 0.6 is 0 Å². The summed E-state index contributed by atoms with van der Waals surface area (Å²) in [5, 5.41) is 0. The average Bonchev–Trinajstić information content (AvgIpc) is 2.37. The van der Waals surface area contributed by atoms with Gasteiger partial charge in [-0.1, -0.05) is 6.07 Å². The Hall–Kier alpha value is -2.30. The van der Waals surface area contributed by atoms with Crippen molar-refractivity contribution in [2.45, 2.75) is 13.3 Å². The first-order chi connectivity index (χ1) is 9.12. The number of aromatic nitrogens is 2. The minimum Gasteiger partial charge on any atom is -0.493 e. The Morgan fingerprint density at radius 3 is 2.42 bits per heavy atom. The summed E-state index contributed by atoms with van der Waals surface area (Å²) in [5.74, 6) is 2.59. The van der Waals surface area contributed by atoms with Gasteiger partial charge in [-0.3, -0.25) is 0 Å². The normalized spacial score (nSPS) is 10.3. The molecule has 1 aromatic heterocycles. The molecular weight excluding hydrogens is 242 g/mol. The SMILES string of the molecule is COc1ccc(Cc2nc(C)cc(N)n2)cc1OC. The minimum absolute atomic E-state index is 0.489. The van der Waals surface area contributed by atoms with Crippen LogP contribution in [0.4, 0.5) is 5.82 Å². The third-order valence-electron chi connectivity index (χ3n) is 2.73. The fourth-order valence-electron chi connectivity index (χ4n) is 1.91. The first-order valence-corrected chi connectivity index (χ1v) is 5.93. The fourth-order valence-corrected chi connectivity index (χ4v) is 1.91. The van der Waals surface area contributed by atoms with Gasteiger partial charge in [0.05, 0.1) is 14.2 Å². The second-order valence-electron chi connectivity index (χ2n) is 4.22. The molecule has 0 radical (unpaired) electrons. The maximum Gasteiger partial charge on any atom is 0.161 e. The van der Waals surface area contributed by atoms with Crippen LogP contribution in [0.25, 0.3) is 0 Å². The van der Waals surface area contributed by atoms with Gasteiger partial charge in [0.2, 0.25) is 0 Å². The highest BCUT2D eigenvalue weighted by Gasteiger charge is 2.07. The number of methoxy groups -OCH3 is 2. The Morgan fingerprint density at radius 1 is 1.05 bits per heavy atom. The van der Waals surface area contributed by atoms with Crippen LogP contribution in [0.2, 0.25) is 0 Å². The number of aryl methyl sites for hydroxylation is 1. The van der Waals surface area contributed by atoms with Crippen LogP contribution in [0, 0.1) is 6.92 Å². The minimum atomic E-state index is 0.489. The van der Waals surface area contributed by atoms with Gasteiger partial charge in [-0.25, -0.2) is 9.97 Å². The molecular formula is C14H17N3O2. The molecule has 5 nitrogen and oxygen atoms in total. The van der Waals surface area contributed by atoms with Crippen molar-refractivity contribution < 1.29 is 9.47 Å². The van der Waals surface area contributed by atoms with E-state index >= 15 is 0 Å². The number of nitrogen functional groups attached to an aromatic ring is 1. The second kappa shape index (κ2) is 5.56. The van der Waals surface area contributed by atoms with Crippen LogP contribution in [0.1, 0.15) is 17.1 Å². The molecule has 0 unspecified atom stereocenters. The van der Waals surface area contributed by atoms with E-state index in [1.165, 1.54) is 0 Å². The first kappa shape index (κ1) is 13.1. The van der Waals surface area contributed by atoms with Crippen molar-refractivity contribution in [3.8, 4) is 11.5 Å². The lowest BCUT2D eigenvalue weighted by Gasteiger charge is -2.09. The molecule has 5 heteroatoms. The van der Waals surface area contributed by atoms with E-state index in [1.54, 1.807) is 20.3 Å². The van der Waals surface area contributed by atoms with Gasteiger partial charge >= 0.3 is 0 Å². The Balaban J connectivity index is 2.28. The molecule has 0 atom stereocenters. The molecule has 1 heterocycles. The van der Waals surface area contributed by atoms with Crippen molar-refractivity contribution in [2.75, 3.05) is 20.0 Å². The van der Waals surface area contributed by atoms with E-state index in [9.17, 15) is 0 Å². The maximum atomic E-state index is 5.72. The van der Waals surface area contributed by atoms with E-state index in [0.29, 0.717) is 29.6 Å². The molecule has 0 bridgehead atoms. The molecule has 0 saturated heterocycles. The van der Waals surface area contributed by atoms with Gasteiger partial charge < -0.3 is 15.2 Å².